The number of alkyl halides is 5. The molecule has 3 aromatic rings. The number of carbonyl (C=O) groups excluding carboxylic acids is 1. The molecule has 0 unspecified atom stereocenters. The van der Waals surface area contributed by atoms with Crippen LogP contribution in [0.15, 0.2) is 42.7 Å². The van der Waals surface area contributed by atoms with Crippen LogP contribution in [-0.2, 0) is 38.1 Å². The zero-order valence-electron chi connectivity index (χ0n) is 24.5. The van der Waals surface area contributed by atoms with Crippen molar-refractivity contribution in [2.24, 2.45) is 18.9 Å². The number of aromatic nitrogens is 3. The Morgan fingerprint density at radius 1 is 1.16 bits per heavy atom. The van der Waals surface area contributed by atoms with Gasteiger partial charge in [-0.1, -0.05) is 19.1 Å². The summed E-state index contributed by atoms with van der Waals surface area (Å²) in [5.41, 5.74) is 0.360. The Hall–Kier alpha value is -3.85. The molecule has 0 bridgehead atoms. The minimum absolute atomic E-state index is 0.0132. The van der Waals surface area contributed by atoms with Crippen molar-refractivity contribution in [3.8, 4) is 6.07 Å². The molecular weight excluding hydrogens is 579 g/mol. The highest BCUT2D eigenvalue weighted by Crippen LogP contribution is 2.52. The van der Waals surface area contributed by atoms with Crippen molar-refractivity contribution < 1.29 is 26.7 Å². The number of halogens is 5. The van der Waals surface area contributed by atoms with Crippen LogP contribution in [0.5, 0.6) is 0 Å². The van der Waals surface area contributed by atoms with E-state index in [0.29, 0.717) is 24.4 Å². The minimum atomic E-state index is -4.69. The monoisotopic (exact) mass is 612 g/mol. The molecule has 1 atom stereocenters. The molecule has 44 heavy (non-hydrogen) atoms. The number of aryl methyl sites for hydroxylation is 1. The van der Waals surface area contributed by atoms with Crippen LogP contribution in [0.3, 0.4) is 0 Å². The van der Waals surface area contributed by atoms with E-state index < -0.39 is 29.5 Å². The number of nitriles is 1. The predicted octanol–water partition coefficient (Wildman–Crippen LogP) is 6.28. The summed E-state index contributed by atoms with van der Waals surface area (Å²) in [4.78, 5) is 21.2. The molecule has 0 radical (unpaired) electrons. The van der Waals surface area contributed by atoms with Crippen LogP contribution in [-0.4, -0.2) is 44.6 Å². The van der Waals surface area contributed by atoms with E-state index in [0.717, 1.165) is 24.5 Å². The van der Waals surface area contributed by atoms with E-state index in [1.807, 2.05) is 12.1 Å². The lowest BCUT2D eigenvalue weighted by Crippen LogP contribution is -2.45. The summed E-state index contributed by atoms with van der Waals surface area (Å²) in [6, 6.07) is 12.1. The summed E-state index contributed by atoms with van der Waals surface area (Å²) in [5.74, 6) is -3.38. The third-order valence-corrected chi connectivity index (χ3v) is 9.48. The van der Waals surface area contributed by atoms with E-state index in [9.17, 15) is 32.0 Å². The summed E-state index contributed by atoms with van der Waals surface area (Å²) in [5, 5.41) is 13.7. The number of amides is 1. The fraction of sp³-hybridized carbons (Fsp3) is 0.500. The van der Waals surface area contributed by atoms with Gasteiger partial charge in [0.1, 0.15) is 6.33 Å². The Kier molecular flexibility index (Phi) is 7.51. The first-order chi connectivity index (χ1) is 20.8. The van der Waals surface area contributed by atoms with Crippen molar-refractivity contribution in [3.63, 3.8) is 0 Å². The molecule has 1 amide bonds. The number of rotatable bonds is 7. The van der Waals surface area contributed by atoms with Crippen molar-refractivity contribution in [1.82, 2.24) is 19.7 Å². The highest BCUT2D eigenvalue weighted by atomic mass is 19.4. The Balaban J connectivity index is 1.29. The number of likely N-dealkylation sites (tertiary alicyclic amines) is 1. The molecule has 3 heterocycles. The van der Waals surface area contributed by atoms with Crippen LogP contribution in [0.25, 0.3) is 0 Å². The lowest BCUT2D eigenvalue weighted by Gasteiger charge is -2.47. The fourth-order valence-electron chi connectivity index (χ4n) is 7.16. The number of benzene rings is 2. The molecule has 7 nitrogen and oxygen atoms in total. The molecule has 3 aliphatic rings. The lowest BCUT2D eigenvalue weighted by atomic mass is 9.56. The van der Waals surface area contributed by atoms with Gasteiger partial charge in [-0.05, 0) is 59.7 Å². The van der Waals surface area contributed by atoms with Gasteiger partial charge in [-0.3, -0.25) is 14.4 Å². The molecule has 2 aromatic carbocycles. The highest BCUT2D eigenvalue weighted by Gasteiger charge is 2.47. The molecule has 1 aromatic heterocycles. The van der Waals surface area contributed by atoms with Crippen LogP contribution in [0.4, 0.5) is 27.6 Å². The average molecular weight is 613 g/mol. The number of piperidine rings is 1. The number of hydrogen-bond donors (Lipinski definition) is 0. The van der Waals surface area contributed by atoms with E-state index >= 15 is 0 Å². The summed E-state index contributed by atoms with van der Waals surface area (Å²) in [7, 11) is 1.78. The van der Waals surface area contributed by atoms with E-state index in [4.69, 9.17) is 0 Å². The predicted molar refractivity (Wildman–Crippen MR) is 152 cm³/mol. The number of anilines is 1. The van der Waals surface area contributed by atoms with Gasteiger partial charge >= 0.3 is 6.18 Å². The Labute approximate surface area is 252 Å². The number of fused-ring (bicyclic) bond motifs is 1. The van der Waals surface area contributed by atoms with Gasteiger partial charge in [0.2, 0.25) is 0 Å². The smallest absolute Gasteiger partial charge is 0.304 e. The second-order valence-electron chi connectivity index (χ2n) is 12.7. The number of carbonyl (C=O) groups is 1. The standard InChI is InChI=1S/C32H33F5N6O/c1-20-16-42(9-7-31(20,33)34)17-22-10-25-26(27(11-22)32(35,36)37)18-43(29(25)44)24-5-3-4-23(12-24)30(13-21(14-30)6-8-38)15-28-39-19-41(2)40-28/h3-5,10-12,19-21H,6-7,9,13-18H2,1-2H3/t20-,21?,30?/m1/s1. The van der Waals surface area contributed by atoms with E-state index in [2.05, 4.69) is 16.2 Å². The fourth-order valence-corrected chi connectivity index (χ4v) is 7.16. The molecular formula is C32H33F5N6O. The third kappa shape index (κ3) is 5.58. The zero-order valence-corrected chi connectivity index (χ0v) is 24.5. The van der Waals surface area contributed by atoms with Gasteiger partial charge in [-0.2, -0.15) is 23.5 Å². The summed E-state index contributed by atoms with van der Waals surface area (Å²) >= 11 is 0. The summed E-state index contributed by atoms with van der Waals surface area (Å²) in [6.07, 6.45) is -0.990. The first kappa shape index (κ1) is 30.2. The molecule has 6 rings (SSSR count). The van der Waals surface area contributed by atoms with Gasteiger partial charge < -0.3 is 4.90 Å². The normalized spacial score (nSPS) is 25.0. The van der Waals surface area contributed by atoms with Crippen molar-refractivity contribution in [1.29, 1.82) is 5.26 Å². The van der Waals surface area contributed by atoms with E-state index in [-0.39, 0.29) is 60.6 Å². The van der Waals surface area contributed by atoms with Crippen LogP contribution in [0.2, 0.25) is 0 Å². The van der Waals surface area contributed by atoms with Crippen LogP contribution < -0.4 is 4.90 Å². The van der Waals surface area contributed by atoms with Crippen molar-refractivity contribution in [3.05, 3.63) is 76.4 Å². The lowest BCUT2D eigenvalue weighted by molar-refractivity contribution is -0.138. The maximum Gasteiger partial charge on any atom is 0.416 e. The Morgan fingerprint density at radius 3 is 2.59 bits per heavy atom. The van der Waals surface area contributed by atoms with Crippen LogP contribution in [0, 0.1) is 23.2 Å². The maximum atomic E-state index is 14.3. The molecule has 0 spiro atoms. The molecule has 2 aliphatic heterocycles. The van der Waals surface area contributed by atoms with E-state index in [1.165, 1.54) is 17.9 Å². The zero-order chi connectivity index (χ0) is 31.4. The third-order valence-electron chi connectivity index (χ3n) is 9.48. The van der Waals surface area contributed by atoms with Crippen LogP contribution >= 0.6 is 0 Å². The van der Waals surface area contributed by atoms with Crippen molar-refractivity contribution in [2.45, 2.75) is 69.6 Å². The molecule has 1 saturated heterocycles. The molecule has 2 fully saturated rings. The highest BCUT2D eigenvalue weighted by molar-refractivity contribution is 6.10. The van der Waals surface area contributed by atoms with Gasteiger partial charge in [-0.25, -0.2) is 13.8 Å². The number of nitrogens with zero attached hydrogens (tertiary/aromatic N) is 6. The number of hydrogen-bond acceptors (Lipinski definition) is 5. The summed E-state index contributed by atoms with van der Waals surface area (Å²) in [6.45, 7) is 1.38. The van der Waals surface area contributed by atoms with Gasteiger partial charge in [0.05, 0.1) is 18.2 Å². The largest absolute Gasteiger partial charge is 0.416 e. The van der Waals surface area contributed by atoms with Gasteiger partial charge in [0.25, 0.3) is 11.8 Å². The molecule has 1 saturated carbocycles. The van der Waals surface area contributed by atoms with E-state index in [1.54, 1.807) is 35.1 Å². The second kappa shape index (κ2) is 10.9. The molecule has 0 N–H and O–H groups in total. The van der Waals surface area contributed by atoms with Crippen LogP contribution in [0.1, 0.15) is 71.0 Å². The van der Waals surface area contributed by atoms with Crippen molar-refractivity contribution in [2.75, 3.05) is 18.0 Å². The van der Waals surface area contributed by atoms with Gasteiger partial charge in [0, 0.05) is 68.5 Å². The first-order valence-corrected chi connectivity index (χ1v) is 14.7. The molecule has 1 aliphatic carbocycles. The first-order valence-electron chi connectivity index (χ1n) is 14.7. The van der Waals surface area contributed by atoms with Gasteiger partial charge in [0.15, 0.2) is 5.82 Å². The quantitative estimate of drug-likeness (QED) is 0.294. The summed E-state index contributed by atoms with van der Waals surface area (Å²) < 4.78 is 72.6. The molecule has 12 heteroatoms. The second-order valence-corrected chi connectivity index (χ2v) is 12.7. The van der Waals surface area contributed by atoms with Gasteiger partial charge in [-0.15, -0.1) is 0 Å². The SMILES string of the molecule is C[C@@H]1CN(Cc2cc3c(c(C(F)(F)F)c2)CN(c2cccc(C4(Cc5ncn(C)n5)CC(CC#N)C4)c2)C3=O)CCC1(F)F. The Morgan fingerprint density at radius 2 is 1.93 bits per heavy atom. The Bertz CT molecular complexity index is 1620. The topological polar surface area (TPSA) is 78.0 Å². The minimum Gasteiger partial charge on any atom is -0.304 e. The van der Waals surface area contributed by atoms with Crippen molar-refractivity contribution >= 4 is 11.6 Å². The molecule has 232 valence electrons. The maximum absolute atomic E-state index is 14.3. The average Bonchev–Trinajstić information content (AvgIpc) is 3.51.